The minimum atomic E-state index is -1.12. The van der Waals surface area contributed by atoms with Crippen molar-refractivity contribution in [2.24, 2.45) is 0 Å². The van der Waals surface area contributed by atoms with Crippen LogP contribution in [0.15, 0.2) is 12.1 Å². The van der Waals surface area contributed by atoms with Crippen molar-refractivity contribution in [3.8, 4) is 11.5 Å². The molecule has 0 unspecified atom stereocenters. The Balaban J connectivity index is 0.00000364. The van der Waals surface area contributed by atoms with Crippen molar-refractivity contribution >= 4 is 19.5 Å². The van der Waals surface area contributed by atoms with Crippen molar-refractivity contribution in [1.82, 2.24) is 10.2 Å². The highest BCUT2D eigenvalue weighted by Crippen LogP contribution is 2.25. The minimum absolute atomic E-state index is 0. The number of nitrogens with one attached hydrogen (secondary N) is 1. The average molecular weight is 408 g/mol. The van der Waals surface area contributed by atoms with Crippen LogP contribution in [0, 0.1) is 11.6 Å². The molecule has 154 valence electrons. The molecular weight excluding hydrogens is 382 g/mol. The Bertz CT molecular complexity index is 580. The normalized spacial score (nSPS) is 15.0. The summed E-state index contributed by atoms with van der Waals surface area (Å²) in [6, 6.07) is 1.59. The van der Waals surface area contributed by atoms with E-state index in [4.69, 9.17) is 14.6 Å². The Hall–Kier alpha value is -1.78. The van der Waals surface area contributed by atoms with E-state index in [0.717, 1.165) is 12.1 Å². The first-order valence-corrected chi connectivity index (χ1v) is 8.56. The number of aromatic hydroxyl groups is 1. The van der Waals surface area contributed by atoms with E-state index in [1.54, 1.807) is 4.90 Å². The number of rotatable bonds is 8. The smallest absolute Gasteiger partial charge is 0.317 e. The number of aliphatic hydroxyl groups excluding tert-OH is 1. The van der Waals surface area contributed by atoms with E-state index < -0.39 is 23.5 Å². The lowest BCUT2D eigenvalue weighted by Crippen LogP contribution is -2.46. The summed E-state index contributed by atoms with van der Waals surface area (Å²) in [4.78, 5) is 13.5. The first-order chi connectivity index (χ1) is 12.5. The molecule has 0 bridgehead atoms. The first-order valence-electron chi connectivity index (χ1n) is 8.56. The fourth-order valence-electron chi connectivity index (χ4n) is 2.48. The maximum absolute atomic E-state index is 13.2. The van der Waals surface area contributed by atoms with Gasteiger partial charge in [0.1, 0.15) is 12.4 Å². The van der Waals surface area contributed by atoms with Gasteiger partial charge in [-0.15, -0.1) is 0 Å². The first kappa shape index (κ1) is 23.3. The zero-order chi connectivity index (χ0) is 18.9. The molecule has 1 aliphatic rings. The predicted octanol–water partition coefficient (Wildman–Crippen LogP) is 1.74. The van der Waals surface area contributed by atoms with Crippen LogP contribution in [0.2, 0.25) is 0 Å². The summed E-state index contributed by atoms with van der Waals surface area (Å²) in [5.41, 5.74) is 0. The third-order valence-electron chi connectivity index (χ3n) is 3.97. The van der Waals surface area contributed by atoms with Crippen LogP contribution in [0.3, 0.4) is 0 Å². The van der Waals surface area contributed by atoms with E-state index in [1.807, 2.05) is 0 Å². The number of nitrogens with zero attached hydrogens (tertiary/aromatic N) is 1. The Morgan fingerprint density at radius 1 is 1.26 bits per heavy atom. The summed E-state index contributed by atoms with van der Waals surface area (Å²) in [7, 11) is 0. The molecule has 2 amide bonds. The van der Waals surface area contributed by atoms with E-state index in [-0.39, 0.29) is 31.9 Å². The van der Waals surface area contributed by atoms with Gasteiger partial charge in [0.15, 0.2) is 17.4 Å². The standard InChI is InChI=1S/C17H24F2N2O5.H2S/c18-14-9-13(10-15(19)16(14)23)26-11-12(22)3-1-2-4-20-17(24)21-5-7-25-8-6-21;/h9-10,12,22-23H,1-8,11H2,(H,20,24);1H2/t12-;/m0./s1. The molecule has 3 N–H and O–H groups in total. The molecule has 27 heavy (non-hydrogen) atoms. The van der Waals surface area contributed by atoms with Crippen LogP contribution >= 0.6 is 13.5 Å². The van der Waals surface area contributed by atoms with Crippen molar-refractivity contribution in [3.63, 3.8) is 0 Å². The highest BCUT2D eigenvalue weighted by atomic mass is 32.1. The lowest BCUT2D eigenvalue weighted by atomic mass is 10.1. The molecule has 1 aromatic rings. The van der Waals surface area contributed by atoms with Crippen LogP contribution in [-0.4, -0.2) is 66.7 Å². The summed E-state index contributed by atoms with van der Waals surface area (Å²) in [5.74, 6) is -3.40. The SMILES string of the molecule is O=C(NCCCC[C@H](O)COc1cc(F)c(O)c(F)c1)N1CCOCC1.S. The molecule has 0 aliphatic carbocycles. The summed E-state index contributed by atoms with van der Waals surface area (Å²) >= 11 is 0. The third-order valence-corrected chi connectivity index (χ3v) is 3.97. The van der Waals surface area contributed by atoms with Crippen LogP contribution in [0.5, 0.6) is 11.5 Å². The van der Waals surface area contributed by atoms with Gasteiger partial charge in [-0.25, -0.2) is 13.6 Å². The van der Waals surface area contributed by atoms with Gasteiger partial charge < -0.3 is 29.9 Å². The molecule has 7 nitrogen and oxygen atoms in total. The lowest BCUT2D eigenvalue weighted by Gasteiger charge is -2.26. The van der Waals surface area contributed by atoms with Crippen molar-refractivity contribution in [3.05, 3.63) is 23.8 Å². The van der Waals surface area contributed by atoms with E-state index in [0.29, 0.717) is 52.1 Å². The summed E-state index contributed by atoms with van der Waals surface area (Å²) in [6.45, 7) is 2.64. The number of unbranched alkanes of at least 4 members (excludes halogenated alkanes) is 1. The topological polar surface area (TPSA) is 91.3 Å². The number of phenols is 1. The number of carbonyl (C=O) groups excluding carboxylic acids is 1. The number of carbonyl (C=O) groups is 1. The second-order valence-electron chi connectivity index (χ2n) is 6.03. The molecule has 0 spiro atoms. The Kier molecular flexibility index (Phi) is 10.2. The van der Waals surface area contributed by atoms with E-state index >= 15 is 0 Å². The number of aliphatic hydroxyl groups is 1. The third kappa shape index (κ3) is 7.77. The predicted molar refractivity (Wildman–Crippen MR) is 99.5 cm³/mol. The van der Waals surface area contributed by atoms with Gasteiger partial charge in [-0.1, -0.05) is 0 Å². The van der Waals surface area contributed by atoms with E-state index in [9.17, 15) is 18.7 Å². The van der Waals surface area contributed by atoms with Gasteiger partial charge in [-0.3, -0.25) is 0 Å². The zero-order valence-corrected chi connectivity index (χ0v) is 15.9. The van der Waals surface area contributed by atoms with Crippen LogP contribution in [0.25, 0.3) is 0 Å². The van der Waals surface area contributed by atoms with Gasteiger partial charge in [0.2, 0.25) is 0 Å². The van der Waals surface area contributed by atoms with Gasteiger partial charge in [0, 0.05) is 31.8 Å². The molecule has 0 radical (unpaired) electrons. The average Bonchev–Trinajstić information content (AvgIpc) is 2.64. The van der Waals surface area contributed by atoms with Crippen LogP contribution in [-0.2, 0) is 4.74 Å². The number of hydrogen-bond donors (Lipinski definition) is 3. The monoisotopic (exact) mass is 408 g/mol. The number of amides is 2. The molecule has 1 fully saturated rings. The van der Waals surface area contributed by atoms with Gasteiger partial charge in [-0.05, 0) is 19.3 Å². The molecule has 1 aliphatic heterocycles. The highest BCUT2D eigenvalue weighted by molar-refractivity contribution is 7.59. The van der Waals surface area contributed by atoms with Gasteiger partial charge in [-0.2, -0.15) is 13.5 Å². The van der Waals surface area contributed by atoms with Crippen LogP contribution in [0.1, 0.15) is 19.3 Å². The number of morpholine rings is 1. The molecule has 10 heteroatoms. The molecule has 0 aromatic heterocycles. The fourth-order valence-corrected chi connectivity index (χ4v) is 2.48. The zero-order valence-electron chi connectivity index (χ0n) is 14.9. The van der Waals surface area contributed by atoms with Crippen molar-refractivity contribution in [2.75, 3.05) is 39.5 Å². The molecule has 0 saturated carbocycles. The van der Waals surface area contributed by atoms with Gasteiger partial charge in [0.25, 0.3) is 0 Å². The second-order valence-corrected chi connectivity index (χ2v) is 6.03. The number of halogens is 2. The number of benzene rings is 1. The quantitative estimate of drug-likeness (QED) is 0.570. The van der Waals surface area contributed by atoms with E-state index in [1.165, 1.54) is 0 Å². The molecule has 2 rings (SSSR count). The summed E-state index contributed by atoms with van der Waals surface area (Å²) < 4.78 is 36.7. The Morgan fingerprint density at radius 3 is 2.52 bits per heavy atom. The maximum Gasteiger partial charge on any atom is 0.317 e. The minimum Gasteiger partial charge on any atom is -0.503 e. The second kappa shape index (κ2) is 11.8. The molecule has 1 atom stereocenters. The van der Waals surface area contributed by atoms with Crippen molar-refractivity contribution in [1.29, 1.82) is 0 Å². The lowest BCUT2D eigenvalue weighted by molar-refractivity contribution is 0.0532. The van der Waals surface area contributed by atoms with Gasteiger partial charge in [0.05, 0.1) is 19.3 Å². The van der Waals surface area contributed by atoms with Crippen molar-refractivity contribution in [2.45, 2.75) is 25.4 Å². The summed E-state index contributed by atoms with van der Waals surface area (Å²) in [6.07, 6.45) is 0.975. The number of phenolic OH excluding ortho intramolecular Hbond substituents is 1. The molecular formula is C17H26F2N2O5S. The molecule has 1 heterocycles. The Morgan fingerprint density at radius 2 is 1.89 bits per heavy atom. The van der Waals surface area contributed by atoms with E-state index in [2.05, 4.69) is 5.32 Å². The largest absolute Gasteiger partial charge is 0.503 e. The highest BCUT2D eigenvalue weighted by Gasteiger charge is 2.16. The maximum atomic E-state index is 13.2. The molecule has 1 aromatic carbocycles. The van der Waals surface area contributed by atoms with Crippen LogP contribution < -0.4 is 10.1 Å². The number of ether oxygens (including phenoxy) is 2. The van der Waals surface area contributed by atoms with Crippen LogP contribution in [0.4, 0.5) is 13.6 Å². The van der Waals surface area contributed by atoms with Gasteiger partial charge >= 0.3 is 6.03 Å². The van der Waals surface area contributed by atoms with Crippen molar-refractivity contribution < 1.29 is 33.3 Å². The number of hydrogen-bond acceptors (Lipinski definition) is 5. The number of urea groups is 1. The fraction of sp³-hybridized carbons (Fsp3) is 0.588. The Labute approximate surface area is 163 Å². The molecule has 1 saturated heterocycles. The summed E-state index contributed by atoms with van der Waals surface area (Å²) in [5, 5.41) is 21.7.